The Labute approximate surface area is 120 Å². The van der Waals surface area contributed by atoms with Crippen molar-refractivity contribution >= 4 is 17.8 Å². The molecule has 5 nitrogen and oxygen atoms in total. The minimum absolute atomic E-state index is 0.306. The molecule has 20 heavy (non-hydrogen) atoms. The molecule has 1 heterocycles. The molecule has 4 amide bonds. The second-order valence-electron chi connectivity index (χ2n) is 6.21. The predicted octanol–water partition coefficient (Wildman–Crippen LogP) is 2.31. The molecule has 1 aliphatic carbocycles. The van der Waals surface area contributed by atoms with Gasteiger partial charge in [0, 0.05) is 6.54 Å². The summed E-state index contributed by atoms with van der Waals surface area (Å²) in [6, 6.07) is -0.536. The molecule has 1 N–H and O–H groups in total. The lowest BCUT2D eigenvalue weighted by Crippen LogP contribution is -2.58. The van der Waals surface area contributed by atoms with Gasteiger partial charge < -0.3 is 0 Å². The maximum atomic E-state index is 12.3. The molecule has 0 radical (unpaired) electrons. The van der Waals surface area contributed by atoms with E-state index in [9.17, 15) is 14.4 Å². The first-order valence-corrected chi connectivity index (χ1v) is 7.69. The summed E-state index contributed by atoms with van der Waals surface area (Å²) in [5.74, 6) is -0.294. The van der Waals surface area contributed by atoms with Gasteiger partial charge in [-0.05, 0) is 31.1 Å². The van der Waals surface area contributed by atoms with Crippen LogP contribution in [-0.4, -0.2) is 29.3 Å². The van der Waals surface area contributed by atoms with Crippen molar-refractivity contribution in [3.8, 4) is 0 Å². The van der Waals surface area contributed by atoms with Crippen molar-refractivity contribution in [1.82, 2.24) is 10.2 Å². The molecule has 1 saturated heterocycles. The van der Waals surface area contributed by atoms with Crippen molar-refractivity contribution in [2.45, 2.75) is 52.4 Å². The van der Waals surface area contributed by atoms with Crippen molar-refractivity contribution in [2.75, 3.05) is 6.54 Å². The highest BCUT2D eigenvalue weighted by Crippen LogP contribution is 2.29. The molecule has 1 saturated carbocycles. The predicted molar refractivity (Wildman–Crippen MR) is 74.8 cm³/mol. The van der Waals surface area contributed by atoms with E-state index >= 15 is 0 Å². The normalized spacial score (nSPS) is 31.4. The molecule has 5 heteroatoms. The van der Waals surface area contributed by atoms with Gasteiger partial charge in [-0.1, -0.05) is 33.1 Å². The first-order chi connectivity index (χ1) is 9.52. The smallest absolute Gasteiger partial charge is 0.277 e. The highest BCUT2D eigenvalue weighted by atomic mass is 16.2. The number of imide groups is 2. The molecule has 112 valence electrons. The van der Waals surface area contributed by atoms with Crippen molar-refractivity contribution < 1.29 is 14.4 Å². The van der Waals surface area contributed by atoms with Crippen molar-refractivity contribution in [3.63, 3.8) is 0 Å². The van der Waals surface area contributed by atoms with Gasteiger partial charge in [0.25, 0.3) is 0 Å². The van der Waals surface area contributed by atoms with Crippen LogP contribution in [0.1, 0.15) is 52.4 Å². The third-order valence-corrected chi connectivity index (χ3v) is 4.51. The van der Waals surface area contributed by atoms with Crippen LogP contribution in [-0.2, 0) is 9.59 Å². The Morgan fingerprint density at radius 1 is 1.15 bits per heavy atom. The maximum absolute atomic E-state index is 12.3. The zero-order valence-corrected chi connectivity index (χ0v) is 12.4. The summed E-state index contributed by atoms with van der Waals surface area (Å²) in [5, 5.41) is 2.32. The number of carbonyl (C=O) groups is 3. The Bertz CT molecular complexity index is 400. The highest BCUT2D eigenvalue weighted by Gasteiger charge is 2.40. The number of barbiturate groups is 1. The van der Waals surface area contributed by atoms with Gasteiger partial charge in [-0.15, -0.1) is 0 Å². The summed E-state index contributed by atoms with van der Waals surface area (Å²) in [4.78, 5) is 37.2. The number of nitrogens with one attached hydrogen (secondary N) is 1. The molecule has 0 aromatic rings. The number of nitrogens with zero attached hydrogens (tertiary/aromatic N) is 1. The zero-order chi connectivity index (χ0) is 14.7. The third kappa shape index (κ3) is 3.19. The minimum atomic E-state index is -0.680. The van der Waals surface area contributed by atoms with E-state index in [4.69, 9.17) is 0 Å². The minimum Gasteiger partial charge on any atom is -0.277 e. The Morgan fingerprint density at radius 3 is 2.40 bits per heavy atom. The highest BCUT2D eigenvalue weighted by molar-refractivity contribution is 6.16. The lowest BCUT2D eigenvalue weighted by Gasteiger charge is -2.34. The SMILES string of the molecule is CCCC1C(=O)NC(=O)N(CC2CCC(C)CC2)C1=O. The van der Waals surface area contributed by atoms with Gasteiger partial charge in [0.15, 0.2) is 0 Å². The fourth-order valence-electron chi connectivity index (χ4n) is 3.15. The van der Waals surface area contributed by atoms with Crippen LogP contribution in [0.4, 0.5) is 4.79 Å². The number of amides is 4. The third-order valence-electron chi connectivity index (χ3n) is 4.51. The van der Waals surface area contributed by atoms with Gasteiger partial charge in [0.2, 0.25) is 11.8 Å². The van der Waals surface area contributed by atoms with E-state index in [-0.39, 0.29) is 5.91 Å². The standard InChI is InChI=1S/C15H24N2O3/c1-3-4-12-13(18)16-15(20)17(14(12)19)9-11-7-5-10(2)6-8-11/h10-12H,3-9H2,1-2H3,(H,16,18,20). The number of hydrogen-bond acceptors (Lipinski definition) is 3. The van der Waals surface area contributed by atoms with Gasteiger partial charge in [0.05, 0.1) is 0 Å². The van der Waals surface area contributed by atoms with Gasteiger partial charge in [-0.3, -0.25) is 19.8 Å². The Kier molecular flexibility index (Phi) is 4.78. The van der Waals surface area contributed by atoms with E-state index in [1.165, 1.54) is 4.90 Å². The number of hydrogen-bond donors (Lipinski definition) is 1. The summed E-state index contributed by atoms with van der Waals surface area (Å²) >= 11 is 0. The van der Waals surface area contributed by atoms with Crippen LogP contribution in [0, 0.1) is 17.8 Å². The van der Waals surface area contributed by atoms with Crippen LogP contribution < -0.4 is 5.32 Å². The van der Waals surface area contributed by atoms with E-state index in [1.54, 1.807) is 0 Å². The molecule has 0 spiro atoms. The average Bonchev–Trinajstić information content (AvgIpc) is 2.41. The van der Waals surface area contributed by atoms with Gasteiger partial charge in [-0.2, -0.15) is 0 Å². The summed E-state index contributed by atoms with van der Waals surface area (Å²) in [7, 11) is 0. The molecule has 0 aromatic carbocycles. The first-order valence-electron chi connectivity index (χ1n) is 7.69. The molecule has 1 unspecified atom stereocenters. The van der Waals surface area contributed by atoms with Crippen LogP contribution in [0.5, 0.6) is 0 Å². The number of urea groups is 1. The molecule has 0 bridgehead atoms. The quantitative estimate of drug-likeness (QED) is 0.804. The fourth-order valence-corrected chi connectivity index (χ4v) is 3.15. The van der Waals surface area contributed by atoms with Crippen molar-refractivity contribution in [2.24, 2.45) is 17.8 Å². The number of carbonyl (C=O) groups excluding carboxylic acids is 3. The average molecular weight is 280 g/mol. The summed E-state index contributed by atoms with van der Waals surface area (Å²) in [6.07, 6.45) is 5.70. The monoisotopic (exact) mass is 280 g/mol. The number of rotatable bonds is 4. The van der Waals surface area contributed by atoms with Crippen molar-refractivity contribution in [3.05, 3.63) is 0 Å². The summed E-state index contributed by atoms with van der Waals surface area (Å²) < 4.78 is 0. The second kappa shape index (κ2) is 6.37. The summed E-state index contributed by atoms with van der Waals surface area (Å²) in [6.45, 7) is 4.64. The van der Waals surface area contributed by atoms with Gasteiger partial charge in [0.1, 0.15) is 5.92 Å². The first kappa shape index (κ1) is 15.0. The molecule has 2 fully saturated rings. The second-order valence-corrected chi connectivity index (χ2v) is 6.21. The fraction of sp³-hybridized carbons (Fsp3) is 0.800. The molecule has 1 aliphatic heterocycles. The lowest BCUT2D eigenvalue weighted by molar-refractivity contribution is -0.143. The van der Waals surface area contributed by atoms with E-state index in [0.717, 1.165) is 38.0 Å². The molecule has 2 aliphatic rings. The Morgan fingerprint density at radius 2 is 1.80 bits per heavy atom. The lowest BCUT2D eigenvalue weighted by atomic mass is 9.82. The van der Waals surface area contributed by atoms with Crippen LogP contribution in [0.3, 0.4) is 0 Å². The zero-order valence-electron chi connectivity index (χ0n) is 12.4. The largest absolute Gasteiger partial charge is 0.330 e. The van der Waals surface area contributed by atoms with Crippen LogP contribution >= 0.6 is 0 Å². The molecular weight excluding hydrogens is 256 g/mol. The van der Waals surface area contributed by atoms with Crippen LogP contribution in [0.25, 0.3) is 0 Å². The molecule has 2 rings (SSSR count). The van der Waals surface area contributed by atoms with Gasteiger partial charge in [-0.25, -0.2) is 4.79 Å². The molecule has 0 aromatic heterocycles. The van der Waals surface area contributed by atoms with Crippen molar-refractivity contribution in [1.29, 1.82) is 0 Å². The molecule has 1 atom stereocenters. The summed E-state index contributed by atoms with van der Waals surface area (Å²) in [5.41, 5.74) is 0. The van der Waals surface area contributed by atoms with E-state index in [2.05, 4.69) is 12.2 Å². The topological polar surface area (TPSA) is 66.5 Å². The van der Waals surface area contributed by atoms with E-state index in [0.29, 0.717) is 18.9 Å². The Hall–Kier alpha value is -1.39. The Balaban J connectivity index is 2.00. The molecular formula is C15H24N2O3. The van der Waals surface area contributed by atoms with Gasteiger partial charge >= 0.3 is 6.03 Å². The van der Waals surface area contributed by atoms with Crippen LogP contribution in [0.15, 0.2) is 0 Å². The van der Waals surface area contributed by atoms with E-state index in [1.807, 2.05) is 6.92 Å². The maximum Gasteiger partial charge on any atom is 0.330 e. The van der Waals surface area contributed by atoms with Crippen LogP contribution in [0.2, 0.25) is 0 Å². The van der Waals surface area contributed by atoms with E-state index < -0.39 is 17.9 Å².